The van der Waals surface area contributed by atoms with Crippen LogP contribution >= 0.6 is 0 Å². The van der Waals surface area contributed by atoms with Crippen molar-refractivity contribution < 1.29 is 15.0 Å². The topological polar surface area (TPSA) is 99.3 Å². The summed E-state index contributed by atoms with van der Waals surface area (Å²) in [6.07, 6.45) is 1.79. The van der Waals surface area contributed by atoms with Gasteiger partial charge in [-0.25, -0.2) is 4.79 Å². The van der Waals surface area contributed by atoms with E-state index in [1.54, 1.807) is 13.1 Å². The van der Waals surface area contributed by atoms with Crippen LogP contribution in [0.1, 0.15) is 18.9 Å². The highest BCUT2D eigenvalue weighted by Gasteiger charge is 2.37. The first-order valence-electron chi connectivity index (χ1n) is 6.19. The summed E-state index contributed by atoms with van der Waals surface area (Å²) >= 11 is 0. The maximum absolute atomic E-state index is 11.3. The predicted octanol–water partition coefficient (Wildman–Crippen LogP) is 1.26. The number of H-pyrrole nitrogens is 1. The Morgan fingerprint density at radius 2 is 2.16 bits per heavy atom. The van der Waals surface area contributed by atoms with E-state index in [0.717, 1.165) is 16.5 Å². The Morgan fingerprint density at radius 1 is 1.47 bits per heavy atom. The number of aliphatic carboxylic acids is 1. The van der Waals surface area contributed by atoms with E-state index in [0.29, 0.717) is 0 Å². The zero-order valence-electron chi connectivity index (χ0n) is 10.8. The van der Waals surface area contributed by atoms with Crippen LogP contribution in [0.5, 0.6) is 0 Å². The number of aromatic nitrogens is 1. The number of carboxylic acid groups (broad SMARTS) is 1. The molecule has 2 aromatic rings. The Balaban J connectivity index is 2.34. The fourth-order valence-corrected chi connectivity index (χ4v) is 2.36. The molecule has 0 amide bonds. The van der Waals surface area contributed by atoms with Gasteiger partial charge in [0.15, 0.2) is 5.60 Å². The number of nitrogens with two attached hydrogens (primary N) is 1. The largest absolute Gasteiger partial charge is 0.479 e. The fourth-order valence-electron chi connectivity index (χ4n) is 2.36. The molecule has 5 N–H and O–H groups in total. The van der Waals surface area contributed by atoms with Crippen molar-refractivity contribution >= 4 is 16.9 Å². The van der Waals surface area contributed by atoms with E-state index in [2.05, 4.69) is 4.98 Å². The van der Waals surface area contributed by atoms with E-state index in [9.17, 15) is 15.0 Å². The quantitative estimate of drug-likeness (QED) is 0.652. The van der Waals surface area contributed by atoms with Gasteiger partial charge in [-0.05, 0) is 18.6 Å². The zero-order chi connectivity index (χ0) is 14.0. The number of aliphatic hydroxyl groups is 1. The third kappa shape index (κ3) is 2.77. The number of aromatic amines is 1. The predicted molar refractivity (Wildman–Crippen MR) is 72.9 cm³/mol. The Hall–Kier alpha value is -1.85. The number of rotatable bonds is 5. The van der Waals surface area contributed by atoms with Crippen LogP contribution in [-0.4, -0.2) is 32.8 Å². The van der Waals surface area contributed by atoms with Gasteiger partial charge in [-0.15, -0.1) is 0 Å². The molecule has 5 heteroatoms. The standard InChI is InChI=1S/C14H18N2O3/c1-9(15)6-14(19,13(17)18)7-10-8-16-12-5-3-2-4-11(10)12/h2-5,8-9,16,19H,6-7,15H2,1H3,(H,17,18). The summed E-state index contributed by atoms with van der Waals surface area (Å²) in [7, 11) is 0. The van der Waals surface area contributed by atoms with E-state index in [1.165, 1.54) is 0 Å². The van der Waals surface area contributed by atoms with Gasteiger partial charge >= 0.3 is 5.97 Å². The molecule has 0 radical (unpaired) electrons. The van der Waals surface area contributed by atoms with Crippen molar-refractivity contribution in [2.75, 3.05) is 0 Å². The maximum Gasteiger partial charge on any atom is 0.336 e. The molecular formula is C14H18N2O3. The van der Waals surface area contributed by atoms with Crippen LogP contribution in [0.4, 0.5) is 0 Å². The summed E-state index contributed by atoms with van der Waals surface area (Å²) in [5, 5.41) is 20.5. The number of carbonyl (C=O) groups is 1. The smallest absolute Gasteiger partial charge is 0.336 e. The molecule has 1 aromatic heterocycles. The van der Waals surface area contributed by atoms with Crippen molar-refractivity contribution in [3.8, 4) is 0 Å². The van der Waals surface area contributed by atoms with Crippen LogP contribution in [0, 0.1) is 0 Å². The van der Waals surface area contributed by atoms with Crippen molar-refractivity contribution in [2.45, 2.75) is 31.4 Å². The van der Waals surface area contributed by atoms with Gasteiger partial charge in [0, 0.05) is 36.0 Å². The highest BCUT2D eigenvalue weighted by molar-refractivity contribution is 5.85. The summed E-state index contributed by atoms with van der Waals surface area (Å²) < 4.78 is 0. The lowest BCUT2D eigenvalue weighted by Gasteiger charge is -2.25. The number of hydrogen-bond donors (Lipinski definition) is 4. The van der Waals surface area contributed by atoms with Crippen LogP contribution in [0.3, 0.4) is 0 Å². The SMILES string of the molecule is CC(N)CC(O)(Cc1c[nH]c2ccccc12)C(=O)O. The third-order valence-corrected chi connectivity index (χ3v) is 3.22. The molecule has 2 unspecified atom stereocenters. The normalized spacial score (nSPS) is 16.2. The van der Waals surface area contributed by atoms with Gasteiger partial charge in [-0.2, -0.15) is 0 Å². The average Bonchev–Trinajstić information content (AvgIpc) is 2.71. The zero-order valence-corrected chi connectivity index (χ0v) is 10.8. The molecule has 2 rings (SSSR count). The Bertz CT molecular complexity index is 591. The van der Waals surface area contributed by atoms with Crippen LogP contribution in [0.25, 0.3) is 10.9 Å². The lowest BCUT2D eigenvalue weighted by atomic mass is 9.88. The lowest BCUT2D eigenvalue weighted by Crippen LogP contribution is -2.45. The molecule has 0 bridgehead atoms. The highest BCUT2D eigenvalue weighted by atomic mass is 16.4. The van der Waals surface area contributed by atoms with Crippen molar-refractivity contribution in [3.63, 3.8) is 0 Å². The molecule has 1 aromatic carbocycles. The first kappa shape index (κ1) is 13.6. The second kappa shape index (κ2) is 5.03. The van der Waals surface area contributed by atoms with Crippen LogP contribution in [0.2, 0.25) is 0 Å². The van der Waals surface area contributed by atoms with E-state index in [1.807, 2.05) is 24.3 Å². The van der Waals surface area contributed by atoms with Gasteiger partial charge in [0.2, 0.25) is 0 Å². The molecule has 2 atom stereocenters. The van der Waals surface area contributed by atoms with Gasteiger partial charge < -0.3 is 20.9 Å². The van der Waals surface area contributed by atoms with Crippen LogP contribution in [-0.2, 0) is 11.2 Å². The lowest BCUT2D eigenvalue weighted by molar-refractivity contribution is -0.159. The van der Waals surface area contributed by atoms with Gasteiger partial charge in [0.25, 0.3) is 0 Å². The molecule has 102 valence electrons. The molecule has 0 aliphatic rings. The first-order valence-corrected chi connectivity index (χ1v) is 6.19. The molecule has 0 spiro atoms. The second-order valence-corrected chi connectivity index (χ2v) is 5.05. The van der Waals surface area contributed by atoms with E-state index in [-0.39, 0.29) is 18.9 Å². The first-order chi connectivity index (χ1) is 8.92. The molecule has 0 saturated heterocycles. The van der Waals surface area contributed by atoms with Crippen molar-refractivity contribution in [1.29, 1.82) is 0 Å². The Morgan fingerprint density at radius 3 is 2.79 bits per heavy atom. The molecule has 0 aliphatic heterocycles. The van der Waals surface area contributed by atoms with Crippen LogP contribution in [0.15, 0.2) is 30.5 Å². The van der Waals surface area contributed by atoms with Crippen molar-refractivity contribution in [3.05, 3.63) is 36.0 Å². The van der Waals surface area contributed by atoms with Gasteiger partial charge in [-0.3, -0.25) is 0 Å². The van der Waals surface area contributed by atoms with Crippen LogP contribution < -0.4 is 5.73 Å². The van der Waals surface area contributed by atoms with E-state index < -0.39 is 11.6 Å². The summed E-state index contributed by atoms with van der Waals surface area (Å²) in [4.78, 5) is 14.4. The number of carboxylic acids is 1. The summed E-state index contributed by atoms with van der Waals surface area (Å²) in [6.45, 7) is 1.68. The highest BCUT2D eigenvalue weighted by Crippen LogP contribution is 2.25. The molecule has 0 aliphatic carbocycles. The molecule has 0 fully saturated rings. The van der Waals surface area contributed by atoms with Gasteiger partial charge in [0.05, 0.1) is 0 Å². The minimum Gasteiger partial charge on any atom is -0.479 e. The van der Waals surface area contributed by atoms with Gasteiger partial charge in [0.1, 0.15) is 0 Å². The Labute approximate surface area is 111 Å². The minimum atomic E-state index is -1.83. The summed E-state index contributed by atoms with van der Waals surface area (Å²) in [5.74, 6) is -1.24. The number of hydrogen-bond acceptors (Lipinski definition) is 3. The molecule has 1 heterocycles. The fraction of sp³-hybridized carbons (Fsp3) is 0.357. The number of nitrogens with one attached hydrogen (secondary N) is 1. The summed E-state index contributed by atoms with van der Waals surface area (Å²) in [6, 6.07) is 7.20. The molecule has 19 heavy (non-hydrogen) atoms. The molecule has 0 saturated carbocycles. The Kier molecular flexibility index (Phi) is 3.59. The van der Waals surface area contributed by atoms with Crippen molar-refractivity contribution in [2.24, 2.45) is 5.73 Å². The number of para-hydroxylation sites is 1. The van der Waals surface area contributed by atoms with Gasteiger partial charge in [-0.1, -0.05) is 18.2 Å². The summed E-state index contributed by atoms with van der Waals surface area (Å²) in [5.41, 5.74) is 5.49. The second-order valence-electron chi connectivity index (χ2n) is 5.05. The van der Waals surface area contributed by atoms with Crippen molar-refractivity contribution in [1.82, 2.24) is 4.98 Å². The average molecular weight is 262 g/mol. The maximum atomic E-state index is 11.3. The molecular weight excluding hydrogens is 244 g/mol. The molecule has 5 nitrogen and oxygen atoms in total. The number of benzene rings is 1. The number of fused-ring (bicyclic) bond motifs is 1. The van der Waals surface area contributed by atoms with E-state index in [4.69, 9.17) is 5.73 Å². The minimum absolute atomic E-state index is 0.0157. The van der Waals surface area contributed by atoms with E-state index >= 15 is 0 Å². The monoisotopic (exact) mass is 262 g/mol. The third-order valence-electron chi connectivity index (χ3n) is 3.22.